The van der Waals surface area contributed by atoms with Gasteiger partial charge >= 0.3 is 0 Å². The topological polar surface area (TPSA) is 113 Å². The van der Waals surface area contributed by atoms with E-state index in [1.165, 1.54) is 48.2 Å². The maximum absolute atomic E-state index is 13.2. The lowest BCUT2D eigenvalue weighted by Gasteiger charge is -2.30. The molecule has 0 bridgehead atoms. The molecule has 1 amide bonds. The molecule has 1 fully saturated rings. The Balaban J connectivity index is 1.52. The number of hydrogen-bond donors (Lipinski definition) is 2. The minimum absolute atomic E-state index is 0.0172. The predicted molar refractivity (Wildman–Crippen MR) is 155 cm³/mol. The fraction of sp³-hybridized carbons (Fsp3) is 0.269. The monoisotopic (exact) mass is 637 g/mol. The Hall–Kier alpha value is -2.54. The predicted octanol–water partition coefficient (Wildman–Crippen LogP) is 5.64. The van der Waals surface area contributed by atoms with Crippen molar-refractivity contribution in [1.82, 2.24) is 4.90 Å². The summed E-state index contributed by atoms with van der Waals surface area (Å²) in [5.41, 5.74) is 0.950. The summed E-state index contributed by atoms with van der Waals surface area (Å²) in [6.45, 7) is 3.46. The quantitative estimate of drug-likeness (QED) is 0.309. The van der Waals surface area contributed by atoms with Gasteiger partial charge in [0.15, 0.2) is 0 Å². The molecule has 202 valence electrons. The van der Waals surface area contributed by atoms with Crippen LogP contribution >= 0.6 is 27.7 Å². The molecule has 12 heteroatoms. The molecule has 3 aromatic rings. The lowest BCUT2D eigenvalue weighted by atomic mass is 9.98. The highest BCUT2D eigenvalue weighted by molar-refractivity contribution is 9.10. The molecule has 1 heterocycles. The number of piperidine rings is 1. The highest BCUT2D eigenvalue weighted by atomic mass is 79.9. The van der Waals surface area contributed by atoms with Crippen molar-refractivity contribution in [2.24, 2.45) is 5.92 Å². The molecular weight excluding hydrogens is 610 g/mol. The summed E-state index contributed by atoms with van der Waals surface area (Å²) in [6.07, 6.45) is 3.69. The Bertz CT molecular complexity index is 1520. The van der Waals surface area contributed by atoms with Crippen LogP contribution in [0.2, 0.25) is 0 Å². The minimum atomic E-state index is -4.03. The third kappa shape index (κ3) is 6.71. The summed E-state index contributed by atoms with van der Waals surface area (Å²) >= 11 is 4.69. The van der Waals surface area contributed by atoms with Crippen LogP contribution < -0.4 is 9.44 Å². The zero-order valence-electron chi connectivity index (χ0n) is 20.8. The van der Waals surface area contributed by atoms with Crippen molar-refractivity contribution in [3.8, 4) is 0 Å². The summed E-state index contributed by atoms with van der Waals surface area (Å²) in [4.78, 5) is 15.7. The SMILES string of the molecule is CSc1ccc(S(=O)(=O)Nc2ccc(S(=O)(=O)Nc3ccc(Br)cc3)cc2)cc1C(=O)N1CCC(C)CC1. The molecule has 2 N–H and O–H groups in total. The van der Waals surface area contributed by atoms with E-state index < -0.39 is 20.0 Å². The van der Waals surface area contributed by atoms with Crippen molar-refractivity contribution in [2.75, 3.05) is 28.8 Å². The number of anilines is 2. The van der Waals surface area contributed by atoms with Gasteiger partial charge in [0.25, 0.3) is 26.0 Å². The molecule has 0 saturated carbocycles. The highest BCUT2D eigenvalue weighted by Gasteiger charge is 2.25. The van der Waals surface area contributed by atoms with Gasteiger partial charge in [-0.2, -0.15) is 0 Å². The van der Waals surface area contributed by atoms with Crippen molar-refractivity contribution in [3.05, 3.63) is 76.8 Å². The van der Waals surface area contributed by atoms with E-state index in [0.29, 0.717) is 35.2 Å². The number of sulfonamides is 2. The normalized spacial score (nSPS) is 14.8. The fourth-order valence-corrected chi connectivity index (χ4v) is 7.03. The Morgan fingerprint density at radius 2 is 1.34 bits per heavy atom. The molecule has 1 aliphatic rings. The maximum atomic E-state index is 13.2. The third-order valence-corrected chi connectivity index (χ3v) is 10.4. The van der Waals surface area contributed by atoms with Crippen LogP contribution in [-0.4, -0.2) is 47.0 Å². The number of halogens is 1. The number of benzene rings is 3. The van der Waals surface area contributed by atoms with E-state index in [-0.39, 0.29) is 21.4 Å². The van der Waals surface area contributed by atoms with Crippen molar-refractivity contribution < 1.29 is 21.6 Å². The van der Waals surface area contributed by atoms with Crippen molar-refractivity contribution >= 4 is 65.0 Å². The van der Waals surface area contributed by atoms with Gasteiger partial charge in [-0.05, 0) is 91.7 Å². The van der Waals surface area contributed by atoms with Gasteiger partial charge in [-0.3, -0.25) is 14.2 Å². The molecule has 0 spiro atoms. The van der Waals surface area contributed by atoms with Crippen LogP contribution in [0.4, 0.5) is 11.4 Å². The van der Waals surface area contributed by atoms with Crippen LogP contribution in [0.15, 0.2) is 85.9 Å². The van der Waals surface area contributed by atoms with Gasteiger partial charge in [-0.1, -0.05) is 22.9 Å². The van der Waals surface area contributed by atoms with E-state index in [1.807, 2.05) is 6.26 Å². The number of rotatable bonds is 8. The van der Waals surface area contributed by atoms with Gasteiger partial charge in [-0.25, -0.2) is 16.8 Å². The van der Waals surface area contributed by atoms with Crippen molar-refractivity contribution in [1.29, 1.82) is 0 Å². The number of carbonyl (C=O) groups is 1. The summed E-state index contributed by atoms with van der Waals surface area (Å²) in [6, 6.07) is 16.6. The van der Waals surface area contributed by atoms with Crippen LogP contribution in [0.3, 0.4) is 0 Å². The molecule has 0 unspecified atom stereocenters. The summed E-state index contributed by atoms with van der Waals surface area (Å²) in [5, 5.41) is 0. The molecular formula is C26H28BrN3O5S3. The number of nitrogens with zero attached hydrogens (tertiary/aromatic N) is 1. The molecule has 38 heavy (non-hydrogen) atoms. The molecule has 0 radical (unpaired) electrons. The Kier molecular flexibility index (Phi) is 8.75. The fourth-order valence-electron chi connectivity index (χ4n) is 4.05. The number of hydrogen-bond acceptors (Lipinski definition) is 6. The van der Waals surface area contributed by atoms with Crippen molar-refractivity contribution in [3.63, 3.8) is 0 Å². The second-order valence-electron chi connectivity index (χ2n) is 9.08. The maximum Gasteiger partial charge on any atom is 0.261 e. The number of carbonyl (C=O) groups excluding carboxylic acids is 1. The lowest BCUT2D eigenvalue weighted by Crippen LogP contribution is -2.38. The third-order valence-electron chi connectivity index (χ3n) is 6.30. The van der Waals surface area contributed by atoms with Gasteiger partial charge in [-0.15, -0.1) is 11.8 Å². The van der Waals surface area contributed by atoms with Gasteiger partial charge in [0.1, 0.15) is 0 Å². The summed E-state index contributed by atoms with van der Waals surface area (Å²) < 4.78 is 57.6. The molecule has 0 aliphatic carbocycles. The lowest BCUT2D eigenvalue weighted by molar-refractivity contribution is 0.0693. The largest absolute Gasteiger partial charge is 0.339 e. The Labute approximate surface area is 236 Å². The van der Waals surface area contributed by atoms with Crippen molar-refractivity contribution in [2.45, 2.75) is 34.5 Å². The first-order valence-electron chi connectivity index (χ1n) is 11.9. The van der Waals surface area contributed by atoms with E-state index in [4.69, 9.17) is 0 Å². The molecule has 0 atom stereocenters. The Morgan fingerprint density at radius 3 is 1.89 bits per heavy atom. The second kappa shape index (κ2) is 11.7. The highest BCUT2D eigenvalue weighted by Crippen LogP contribution is 2.28. The minimum Gasteiger partial charge on any atom is -0.339 e. The standard InChI is InChI=1S/C26H28BrN3O5S3/c1-18-13-15-30(16-14-18)26(31)24-17-23(11-12-25(24)36-2)38(34,35)29-21-7-9-22(10-8-21)37(32,33)28-20-5-3-19(27)4-6-20/h3-12,17-18,28-29H,13-16H2,1-2H3. The average molecular weight is 639 g/mol. The molecule has 1 saturated heterocycles. The zero-order chi connectivity index (χ0) is 27.5. The van der Waals surface area contributed by atoms with Gasteiger partial charge in [0.05, 0.1) is 15.4 Å². The van der Waals surface area contributed by atoms with E-state index in [0.717, 1.165) is 17.3 Å². The molecule has 0 aromatic heterocycles. The second-order valence-corrected chi connectivity index (χ2v) is 14.2. The average Bonchev–Trinajstić information content (AvgIpc) is 2.89. The van der Waals surface area contributed by atoms with Crippen LogP contribution in [0.25, 0.3) is 0 Å². The van der Waals surface area contributed by atoms with Gasteiger partial charge in [0.2, 0.25) is 0 Å². The number of nitrogens with one attached hydrogen (secondary N) is 2. The summed E-state index contributed by atoms with van der Waals surface area (Å²) in [5.74, 6) is 0.388. The smallest absolute Gasteiger partial charge is 0.261 e. The zero-order valence-corrected chi connectivity index (χ0v) is 24.9. The molecule has 8 nitrogen and oxygen atoms in total. The van der Waals surface area contributed by atoms with E-state index in [1.54, 1.807) is 35.2 Å². The number of likely N-dealkylation sites (tertiary alicyclic amines) is 1. The van der Waals surface area contributed by atoms with Crippen LogP contribution in [-0.2, 0) is 20.0 Å². The summed E-state index contributed by atoms with van der Waals surface area (Å²) in [7, 11) is -7.90. The van der Waals surface area contributed by atoms with Crippen LogP contribution in [0.1, 0.15) is 30.1 Å². The number of amides is 1. The van der Waals surface area contributed by atoms with E-state index >= 15 is 0 Å². The molecule has 4 rings (SSSR count). The van der Waals surface area contributed by atoms with Gasteiger partial charge in [0, 0.05) is 33.8 Å². The first-order chi connectivity index (χ1) is 18.0. The number of thioether (sulfide) groups is 1. The van der Waals surface area contributed by atoms with Gasteiger partial charge < -0.3 is 4.90 Å². The molecule has 3 aromatic carbocycles. The Morgan fingerprint density at radius 1 is 0.842 bits per heavy atom. The van der Waals surface area contributed by atoms with Crippen LogP contribution in [0.5, 0.6) is 0 Å². The first kappa shape index (κ1) is 28.5. The van der Waals surface area contributed by atoms with E-state index in [2.05, 4.69) is 32.3 Å². The molecule has 1 aliphatic heterocycles. The van der Waals surface area contributed by atoms with E-state index in [9.17, 15) is 21.6 Å². The van der Waals surface area contributed by atoms with Crippen LogP contribution in [0, 0.1) is 5.92 Å². The first-order valence-corrected chi connectivity index (χ1v) is 16.9.